The van der Waals surface area contributed by atoms with Crippen LogP contribution in [0.3, 0.4) is 0 Å². The summed E-state index contributed by atoms with van der Waals surface area (Å²) in [6.45, 7) is 0. The second-order valence-corrected chi connectivity index (χ2v) is 4.40. The third-order valence-corrected chi connectivity index (χ3v) is 3.00. The van der Waals surface area contributed by atoms with Crippen molar-refractivity contribution in [2.75, 3.05) is 0 Å². The van der Waals surface area contributed by atoms with Gasteiger partial charge in [-0.1, -0.05) is 11.8 Å². The van der Waals surface area contributed by atoms with Gasteiger partial charge in [-0.2, -0.15) is 0 Å². The quantitative estimate of drug-likeness (QED) is 0.720. The first-order valence-corrected chi connectivity index (χ1v) is 5.46. The van der Waals surface area contributed by atoms with Crippen LogP contribution in [0.15, 0.2) is 46.2 Å². The van der Waals surface area contributed by atoms with Gasteiger partial charge in [0.05, 0.1) is 0 Å². The maximum atomic E-state index is 12.9. The Morgan fingerprint density at radius 3 is 1.35 bits per heavy atom. The lowest BCUT2D eigenvalue weighted by Crippen LogP contribution is -1.85. The molecule has 0 saturated heterocycles. The molecular weight excluding hydrogens is 252 g/mol. The Hall–Kier alpha value is -1.49. The van der Waals surface area contributed by atoms with Gasteiger partial charge in [0.25, 0.3) is 0 Å². The van der Waals surface area contributed by atoms with Crippen molar-refractivity contribution in [2.45, 2.75) is 9.79 Å². The van der Waals surface area contributed by atoms with E-state index in [1.54, 1.807) is 0 Å². The van der Waals surface area contributed by atoms with Crippen LogP contribution in [-0.4, -0.2) is 0 Å². The molecule has 0 bridgehead atoms. The number of rotatable bonds is 2. The molecule has 0 N–H and O–H groups in total. The van der Waals surface area contributed by atoms with Crippen LogP contribution in [0.2, 0.25) is 0 Å². The molecule has 0 radical (unpaired) electrons. The van der Waals surface area contributed by atoms with E-state index in [0.29, 0.717) is 9.79 Å². The van der Waals surface area contributed by atoms with E-state index in [1.165, 1.54) is 12.1 Å². The Kier molecular flexibility index (Phi) is 3.38. The summed E-state index contributed by atoms with van der Waals surface area (Å²) in [6, 6.07) is 6.70. The second kappa shape index (κ2) is 4.79. The molecule has 5 heteroatoms. The first kappa shape index (κ1) is 12.0. The van der Waals surface area contributed by atoms with Crippen LogP contribution < -0.4 is 0 Å². The monoisotopic (exact) mass is 258 g/mol. The molecular formula is C12H6F4S. The molecule has 2 rings (SSSR count). The topological polar surface area (TPSA) is 0 Å². The molecule has 2 aromatic carbocycles. The minimum Gasteiger partial charge on any atom is -0.204 e. The summed E-state index contributed by atoms with van der Waals surface area (Å²) in [5, 5.41) is 0. The number of hydrogen-bond donors (Lipinski definition) is 0. The largest absolute Gasteiger partial charge is 0.204 e. The van der Waals surface area contributed by atoms with Crippen molar-refractivity contribution >= 4 is 11.8 Å². The van der Waals surface area contributed by atoms with Crippen LogP contribution in [0, 0.1) is 23.3 Å². The molecule has 0 aliphatic heterocycles. The summed E-state index contributed by atoms with van der Waals surface area (Å²) < 4.78 is 51.1. The SMILES string of the molecule is Fc1ccc(Sc2ccc(F)c(F)c2)cc1F. The van der Waals surface area contributed by atoms with Gasteiger partial charge in [0.15, 0.2) is 23.3 Å². The van der Waals surface area contributed by atoms with E-state index in [2.05, 4.69) is 0 Å². The lowest BCUT2D eigenvalue weighted by atomic mass is 10.3. The highest BCUT2D eigenvalue weighted by Gasteiger charge is 2.06. The number of halogens is 4. The second-order valence-electron chi connectivity index (χ2n) is 3.25. The summed E-state index contributed by atoms with van der Waals surface area (Å²) in [6.07, 6.45) is 0. The zero-order chi connectivity index (χ0) is 12.4. The Balaban J connectivity index is 2.25. The van der Waals surface area contributed by atoms with Crippen molar-refractivity contribution in [2.24, 2.45) is 0 Å². The molecule has 0 aliphatic rings. The van der Waals surface area contributed by atoms with Crippen molar-refractivity contribution in [3.05, 3.63) is 59.7 Å². The van der Waals surface area contributed by atoms with E-state index in [9.17, 15) is 17.6 Å². The van der Waals surface area contributed by atoms with Crippen LogP contribution in [0.5, 0.6) is 0 Å². The molecule has 2 aromatic rings. The fourth-order valence-corrected chi connectivity index (χ4v) is 2.09. The highest BCUT2D eigenvalue weighted by atomic mass is 32.2. The smallest absolute Gasteiger partial charge is 0.159 e. The van der Waals surface area contributed by atoms with Gasteiger partial charge >= 0.3 is 0 Å². The Morgan fingerprint density at radius 1 is 0.588 bits per heavy atom. The number of hydrogen-bond acceptors (Lipinski definition) is 1. The molecule has 88 valence electrons. The van der Waals surface area contributed by atoms with Crippen LogP contribution in [-0.2, 0) is 0 Å². The first-order chi connectivity index (χ1) is 8.06. The molecule has 0 aromatic heterocycles. The highest BCUT2D eigenvalue weighted by Crippen LogP contribution is 2.29. The minimum absolute atomic E-state index is 0.412. The Labute approximate surface area is 99.3 Å². The molecule has 0 saturated carbocycles. The fraction of sp³-hybridized carbons (Fsp3) is 0. The third-order valence-electron chi connectivity index (χ3n) is 2.02. The molecule has 0 spiro atoms. The van der Waals surface area contributed by atoms with Crippen molar-refractivity contribution in [1.82, 2.24) is 0 Å². The summed E-state index contributed by atoms with van der Waals surface area (Å²) in [7, 11) is 0. The van der Waals surface area contributed by atoms with Crippen LogP contribution in [0.1, 0.15) is 0 Å². The molecule has 0 aliphatic carbocycles. The van der Waals surface area contributed by atoms with Gasteiger partial charge < -0.3 is 0 Å². The highest BCUT2D eigenvalue weighted by molar-refractivity contribution is 7.99. The summed E-state index contributed by atoms with van der Waals surface area (Å²) in [5.41, 5.74) is 0. The molecule has 17 heavy (non-hydrogen) atoms. The fourth-order valence-electron chi connectivity index (χ4n) is 1.22. The molecule has 0 fully saturated rings. The van der Waals surface area contributed by atoms with Gasteiger partial charge in [-0.25, -0.2) is 17.6 Å². The Bertz CT molecular complexity index is 505. The molecule has 0 amide bonds. The number of benzene rings is 2. The standard InChI is InChI=1S/C12H6F4S/c13-9-3-1-7(5-11(9)15)17-8-2-4-10(14)12(16)6-8/h1-6H. The maximum Gasteiger partial charge on any atom is 0.159 e. The van der Waals surface area contributed by atoms with E-state index in [-0.39, 0.29) is 0 Å². The van der Waals surface area contributed by atoms with E-state index in [4.69, 9.17) is 0 Å². The summed E-state index contributed by atoms with van der Waals surface area (Å²) in [4.78, 5) is 0.824. The van der Waals surface area contributed by atoms with Crippen molar-refractivity contribution in [3.63, 3.8) is 0 Å². The van der Waals surface area contributed by atoms with Crippen molar-refractivity contribution < 1.29 is 17.6 Å². The van der Waals surface area contributed by atoms with Gasteiger partial charge in [0.2, 0.25) is 0 Å². The lowest BCUT2D eigenvalue weighted by molar-refractivity contribution is 0.505. The van der Waals surface area contributed by atoms with E-state index >= 15 is 0 Å². The van der Waals surface area contributed by atoms with Gasteiger partial charge in [-0.3, -0.25) is 0 Å². The first-order valence-electron chi connectivity index (χ1n) is 4.64. The zero-order valence-corrected chi connectivity index (χ0v) is 9.20. The van der Waals surface area contributed by atoms with Crippen LogP contribution in [0.4, 0.5) is 17.6 Å². The Morgan fingerprint density at radius 2 is 1.00 bits per heavy atom. The summed E-state index contributed by atoms with van der Waals surface area (Å²) >= 11 is 1.02. The minimum atomic E-state index is -0.974. The molecule has 0 nitrogen and oxygen atoms in total. The van der Waals surface area contributed by atoms with Crippen molar-refractivity contribution in [1.29, 1.82) is 0 Å². The molecule has 0 atom stereocenters. The molecule has 0 unspecified atom stereocenters. The average Bonchev–Trinajstić information content (AvgIpc) is 2.29. The van der Waals surface area contributed by atoms with Crippen LogP contribution in [0.25, 0.3) is 0 Å². The lowest BCUT2D eigenvalue weighted by Gasteiger charge is -2.02. The van der Waals surface area contributed by atoms with E-state index in [1.807, 2.05) is 0 Å². The van der Waals surface area contributed by atoms with E-state index in [0.717, 1.165) is 36.0 Å². The van der Waals surface area contributed by atoms with Crippen molar-refractivity contribution in [3.8, 4) is 0 Å². The van der Waals surface area contributed by atoms with Gasteiger partial charge in [0, 0.05) is 9.79 Å². The third kappa shape index (κ3) is 2.79. The summed E-state index contributed by atoms with van der Waals surface area (Å²) in [5.74, 6) is -3.84. The molecule has 0 heterocycles. The maximum absolute atomic E-state index is 12.9. The zero-order valence-electron chi connectivity index (χ0n) is 8.38. The average molecular weight is 258 g/mol. The predicted octanol–water partition coefficient (Wildman–Crippen LogP) is 4.39. The van der Waals surface area contributed by atoms with Crippen LogP contribution >= 0.6 is 11.8 Å². The normalized spacial score (nSPS) is 10.6. The van der Waals surface area contributed by atoms with Gasteiger partial charge in [0.1, 0.15) is 0 Å². The van der Waals surface area contributed by atoms with Gasteiger partial charge in [-0.05, 0) is 36.4 Å². The van der Waals surface area contributed by atoms with Gasteiger partial charge in [-0.15, -0.1) is 0 Å². The predicted molar refractivity (Wildman–Crippen MR) is 56.8 cm³/mol. The van der Waals surface area contributed by atoms with E-state index < -0.39 is 23.3 Å².